The smallest absolute Gasteiger partial charge is 0.410 e. The molecule has 2 atom stereocenters. The number of ether oxygens (including phenoxy) is 4. The number of piperidine rings is 1. The van der Waals surface area contributed by atoms with Crippen molar-refractivity contribution in [2.24, 2.45) is 11.3 Å². The minimum atomic E-state index is -0.771. The van der Waals surface area contributed by atoms with Crippen LogP contribution in [0.1, 0.15) is 77.3 Å². The van der Waals surface area contributed by atoms with Crippen molar-refractivity contribution in [3.05, 3.63) is 90.1 Å². The number of methoxy groups -OCH3 is 2. The Morgan fingerprint density at radius 2 is 1.62 bits per heavy atom. The maximum absolute atomic E-state index is 15.0. The molecule has 0 bridgehead atoms. The third-order valence-corrected chi connectivity index (χ3v) is 10.7. The van der Waals surface area contributed by atoms with Crippen LogP contribution >= 0.6 is 0 Å². The Bertz CT molecular complexity index is 1960. The number of hydrogen-bond donors (Lipinski definition) is 0. The lowest BCUT2D eigenvalue weighted by atomic mass is 9.79. The molecule has 2 amide bonds. The molecule has 4 aromatic rings. The van der Waals surface area contributed by atoms with Crippen molar-refractivity contribution in [3.8, 4) is 16.9 Å². The summed E-state index contributed by atoms with van der Waals surface area (Å²) in [4.78, 5) is 44.4. The third kappa shape index (κ3) is 9.71. The van der Waals surface area contributed by atoms with Gasteiger partial charge in [-0.15, -0.1) is 0 Å². The van der Waals surface area contributed by atoms with Crippen LogP contribution in [-0.2, 0) is 36.9 Å². The number of para-hydroxylation sites is 1. The summed E-state index contributed by atoms with van der Waals surface area (Å²) in [5, 5.41) is 1.16. The summed E-state index contributed by atoms with van der Waals surface area (Å²) in [7, 11) is 3.11. The Kier molecular flexibility index (Phi) is 12.2. The van der Waals surface area contributed by atoms with E-state index in [1.54, 1.807) is 25.9 Å². The number of nitrogens with zero attached hydrogens (tertiary/aromatic N) is 3. The fourth-order valence-corrected chi connectivity index (χ4v) is 7.57. The first-order chi connectivity index (χ1) is 26.3. The second-order valence-electron chi connectivity index (χ2n) is 16.7. The van der Waals surface area contributed by atoms with Gasteiger partial charge in [-0.1, -0.05) is 54.6 Å². The molecule has 6 rings (SSSR count). The highest BCUT2D eigenvalue weighted by Crippen LogP contribution is 2.40. The Balaban J connectivity index is 1.27. The van der Waals surface area contributed by atoms with E-state index in [4.69, 9.17) is 18.9 Å². The highest BCUT2D eigenvalue weighted by atomic mass is 16.6. The normalized spacial score (nSPS) is 17.5. The lowest BCUT2D eigenvalue weighted by molar-refractivity contribution is -0.152. The van der Waals surface area contributed by atoms with Crippen molar-refractivity contribution in [3.63, 3.8) is 0 Å². The van der Waals surface area contributed by atoms with Crippen LogP contribution in [0.5, 0.6) is 5.75 Å². The summed E-state index contributed by atoms with van der Waals surface area (Å²) in [6.45, 7) is 12.2. The third-order valence-electron chi connectivity index (χ3n) is 10.7. The lowest BCUT2D eigenvalue weighted by Gasteiger charge is -2.40. The Labute approximate surface area is 325 Å². The molecule has 2 heterocycles. The molecule has 55 heavy (non-hydrogen) atoms. The van der Waals surface area contributed by atoms with E-state index >= 15 is 4.79 Å². The van der Waals surface area contributed by atoms with Gasteiger partial charge in [-0.05, 0) is 107 Å². The van der Waals surface area contributed by atoms with Crippen molar-refractivity contribution in [1.82, 2.24) is 14.4 Å². The number of carbonyl (C=O) groups excluding carboxylic acids is 3. The van der Waals surface area contributed by atoms with Crippen LogP contribution in [0.2, 0.25) is 0 Å². The quantitative estimate of drug-likeness (QED) is 0.0942. The standard InChI is InChI=1S/C45H57N3O7/c1-44(2,3)55-43(51)47-24-22-37(33-13-10-12-32(26-33)31-16-20-36(21-17-31)54-30-45(4,5)42(50)53-7)39(29-47)41(49)48(35-18-19-35)28-34-27-46(23-11-25-52-6)40-15-9-8-14-38(34)40/h8-10,12-17,20-21,26-27,35,37,39H,11,18-19,22-25,28-30H2,1-7H3/t37-,39+/m1/s1. The van der Waals surface area contributed by atoms with Crippen LogP contribution in [0, 0.1) is 11.3 Å². The molecule has 294 valence electrons. The molecule has 1 aliphatic carbocycles. The molecule has 3 aromatic carbocycles. The topological polar surface area (TPSA) is 99.5 Å². The van der Waals surface area contributed by atoms with Crippen LogP contribution in [-0.4, -0.2) is 84.5 Å². The average molecular weight is 752 g/mol. The lowest BCUT2D eigenvalue weighted by Crippen LogP contribution is -2.51. The van der Waals surface area contributed by atoms with Gasteiger partial charge in [-0.25, -0.2) is 4.79 Å². The molecule has 2 fully saturated rings. The summed E-state index contributed by atoms with van der Waals surface area (Å²) in [6, 6.07) is 24.8. The zero-order valence-electron chi connectivity index (χ0n) is 33.5. The number of aryl methyl sites for hydroxylation is 1. The minimum Gasteiger partial charge on any atom is -0.492 e. The molecule has 2 aliphatic rings. The number of hydrogen-bond acceptors (Lipinski definition) is 7. The molecule has 0 spiro atoms. The largest absolute Gasteiger partial charge is 0.492 e. The maximum Gasteiger partial charge on any atom is 0.410 e. The highest BCUT2D eigenvalue weighted by molar-refractivity contribution is 5.86. The molecule has 0 unspecified atom stereocenters. The van der Waals surface area contributed by atoms with E-state index in [1.165, 1.54) is 7.11 Å². The van der Waals surface area contributed by atoms with Gasteiger partial charge in [-0.3, -0.25) is 9.59 Å². The van der Waals surface area contributed by atoms with Gasteiger partial charge in [-0.2, -0.15) is 0 Å². The zero-order chi connectivity index (χ0) is 39.3. The molecule has 0 radical (unpaired) electrons. The summed E-state index contributed by atoms with van der Waals surface area (Å²) < 4.78 is 24.3. The monoisotopic (exact) mass is 751 g/mol. The first-order valence-electron chi connectivity index (χ1n) is 19.5. The van der Waals surface area contributed by atoms with E-state index in [-0.39, 0.29) is 36.5 Å². The predicted molar refractivity (Wildman–Crippen MR) is 214 cm³/mol. The Morgan fingerprint density at radius 3 is 2.31 bits per heavy atom. The molecule has 10 nitrogen and oxygen atoms in total. The van der Waals surface area contributed by atoms with E-state index in [1.807, 2.05) is 51.1 Å². The first-order valence-corrected chi connectivity index (χ1v) is 19.5. The second kappa shape index (κ2) is 16.9. The maximum atomic E-state index is 15.0. The number of aromatic nitrogens is 1. The second-order valence-corrected chi connectivity index (χ2v) is 16.7. The fourth-order valence-electron chi connectivity index (χ4n) is 7.57. The van der Waals surface area contributed by atoms with Crippen LogP contribution in [0.15, 0.2) is 79.0 Å². The summed E-state index contributed by atoms with van der Waals surface area (Å²) in [6.07, 6.45) is 5.30. The molecule has 1 aromatic heterocycles. The van der Waals surface area contributed by atoms with E-state index < -0.39 is 16.9 Å². The SMILES string of the molecule is COCCCn1cc(CN(C(=O)[C@H]2CN(C(=O)OC(C)(C)C)CC[C@@H]2c2cccc(-c3ccc(OCC(C)(C)C(=O)OC)cc3)c2)C2CC2)c2ccccc21. The molecule has 1 saturated heterocycles. The number of rotatable bonds is 14. The molecule has 1 aliphatic heterocycles. The van der Waals surface area contributed by atoms with Gasteiger partial charge >= 0.3 is 12.1 Å². The number of carbonyl (C=O) groups is 3. The highest BCUT2D eigenvalue weighted by Gasteiger charge is 2.43. The van der Waals surface area contributed by atoms with Crippen LogP contribution in [0.25, 0.3) is 22.0 Å². The van der Waals surface area contributed by atoms with Gasteiger partial charge in [0, 0.05) is 63.0 Å². The van der Waals surface area contributed by atoms with Crippen molar-refractivity contribution in [2.45, 2.75) is 91.0 Å². The first kappa shape index (κ1) is 39.9. The van der Waals surface area contributed by atoms with E-state index in [0.29, 0.717) is 38.4 Å². The van der Waals surface area contributed by atoms with E-state index in [2.05, 4.69) is 58.1 Å². The Morgan fingerprint density at radius 1 is 0.873 bits per heavy atom. The van der Waals surface area contributed by atoms with E-state index in [9.17, 15) is 9.59 Å². The number of fused-ring (bicyclic) bond motifs is 1. The van der Waals surface area contributed by atoms with Crippen LogP contribution < -0.4 is 4.74 Å². The zero-order valence-corrected chi connectivity index (χ0v) is 33.5. The number of amides is 2. The minimum absolute atomic E-state index is 0.0822. The number of likely N-dealkylation sites (tertiary alicyclic amines) is 1. The van der Waals surface area contributed by atoms with Gasteiger partial charge in [0.15, 0.2) is 0 Å². The number of benzene rings is 3. The van der Waals surface area contributed by atoms with Crippen LogP contribution in [0.3, 0.4) is 0 Å². The van der Waals surface area contributed by atoms with E-state index in [0.717, 1.165) is 59.0 Å². The fraction of sp³-hybridized carbons (Fsp3) is 0.489. The van der Waals surface area contributed by atoms with Crippen molar-refractivity contribution in [2.75, 3.05) is 40.5 Å². The Hall–Kier alpha value is -4.83. The summed E-state index contributed by atoms with van der Waals surface area (Å²) in [5.74, 6) is -0.114. The van der Waals surface area contributed by atoms with Crippen molar-refractivity contribution in [1.29, 1.82) is 0 Å². The predicted octanol–water partition coefficient (Wildman–Crippen LogP) is 8.45. The molecule has 0 N–H and O–H groups in total. The molecule has 10 heteroatoms. The van der Waals surface area contributed by atoms with Gasteiger partial charge < -0.3 is 33.3 Å². The van der Waals surface area contributed by atoms with Crippen LogP contribution in [0.4, 0.5) is 4.79 Å². The van der Waals surface area contributed by atoms with Gasteiger partial charge in [0.1, 0.15) is 18.0 Å². The van der Waals surface area contributed by atoms with Gasteiger partial charge in [0.2, 0.25) is 5.91 Å². The average Bonchev–Trinajstić information content (AvgIpc) is 3.96. The molecular formula is C45H57N3O7. The summed E-state index contributed by atoms with van der Waals surface area (Å²) >= 11 is 0. The van der Waals surface area contributed by atoms with Crippen molar-refractivity contribution < 1.29 is 33.3 Å². The van der Waals surface area contributed by atoms with Gasteiger partial charge in [0.05, 0.1) is 18.4 Å². The molecule has 1 saturated carbocycles. The number of esters is 1. The van der Waals surface area contributed by atoms with Gasteiger partial charge in [0.25, 0.3) is 0 Å². The summed E-state index contributed by atoms with van der Waals surface area (Å²) in [5.41, 5.74) is 3.99. The molecular weight excluding hydrogens is 695 g/mol. The van der Waals surface area contributed by atoms with Crippen molar-refractivity contribution >= 4 is 28.9 Å².